The van der Waals surface area contributed by atoms with Gasteiger partial charge in [0.15, 0.2) is 0 Å². The SMILES string of the molecule is NC(=O)OCCCCCOc1ccc(C(=O)N2CCC(N3C(=O)CCc4ccccc43)CC2)cc1. The first-order valence-corrected chi connectivity index (χ1v) is 12.4. The molecule has 2 N–H and O–H groups in total. The Labute approximate surface area is 206 Å². The van der Waals surface area contributed by atoms with Gasteiger partial charge >= 0.3 is 6.09 Å². The lowest BCUT2D eigenvalue weighted by molar-refractivity contribution is -0.119. The summed E-state index contributed by atoms with van der Waals surface area (Å²) in [5, 5.41) is 0. The summed E-state index contributed by atoms with van der Waals surface area (Å²) in [6.07, 6.45) is 4.60. The van der Waals surface area contributed by atoms with E-state index >= 15 is 0 Å². The highest BCUT2D eigenvalue weighted by atomic mass is 16.5. The summed E-state index contributed by atoms with van der Waals surface area (Å²) in [4.78, 5) is 40.1. The topological polar surface area (TPSA) is 102 Å². The van der Waals surface area contributed by atoms with Gasteiger partial charge in [-0.2, -0.15) is 0 Å². The summed E-state index contributed by atoms with van der Waals surface area (Å²) in [6, 6.07) is 15.5. The number of hydrogen-bond donors (Lipinski definition) is 1. The van der Waals surface area contributed by atoms with Gasteiger partial charge in [-0.05, 0) is 74.4 Å². The Hall–Kier alpha value is -3.55. The molecule has 3 amide bonds. The Morgan fingerprint density at radius 2 is 1.63 bits per heavy atom. The van der Waals surface area contributed by atoms with Crippen LogP contribution in [0.5, 0.6) is 5.75 Å². The van der Waals surface area contributed by atoms with Gasteiger partial charge in [0.25, 0.3) is 5.91 Å². The molecule has 2 aromatic carbocycles. The molecule has 0 aromatic heterocycles. The second kappa shape index (κ2) is 11.7. The molecule has 0 atom stereocenters. The largest absolute Gasteiger partial charge is 0.494 e. The van der Waals surface area contributed by atoms with Crippen molar-refractivity contribution in [2.75, 3.05) is 31.2 Å². The van der Waals surface area contributed by atoms with E-state index in [1.807, 2.05) is 40.1 Å². The third kappa shape index (κ3) is 6.32. The maximum absolute atomic E-state index is 13.0. The first-order chi connectivity index (χ1) is 17.0. The highest BCUT2D eigenvalue weighted by Gasteiger charge is 2.33. The molecule has 2 aliphatic heterocycles. The average molecular weight is 480 g/mol. The van der Waals surface area contributed by atoms with Crippen molar-refractivity contribution in [1.82, 2.24) is 4.90 Å². The van der Waals surface area contributed by atoms with Crippen molar-refractivity contribution < 1.29 is 23.9 Å². The summed E-state index contributed by atoms with van der Waals surface area (Å²) in [7, 11) is 0. The van der Waals surface area contributed by atoms with Crippen LogP contribution in [0, 0.1) is 0 Å². The Kier molecular flexibility index (Phi) is 8.23. The van der Waals surface area contributed by atoms with Crippen molar-refractivity contribution in [2.45, 2.75) is 51.0 Å². The zero-order chi connectivity index (χ0) is 24.6. The third-order valence-corrected chi connectivity index (χ3v) is 6.65. The highest BCUT2D eigenvalue weighted by molar-refractivity contribution is 5.97. The average Bonchev–Trinajstić information content (AvgIpc) is 2.88. The van der Waals surface area contributed by atoms with E-state index in [1.165, 1.54) is 5.56 Å². The number of piperidine rings is 1. The van der Waals surface area contributed by atoms with Crippen molar-refractivity contribution in [1.29, 1.82) is 0 Å². The van der Waals surface area contributed by atoms with Crippen LogP contribution in [0.25, 0.3) is 0 Å². The smallest absolute Gasteiger partial charge is 0.404 e. The number of hydrogen-bond acceptors (Lipinski definition) is 5. The first-order valence-electron chi connectivity index (χ1n) is 12.4. The van der Waals surface area contributed by atoms with Crippen LogP contribution in [-0.4, -0.2) is 55.2 Å². The summed E-state index contributed by atoms with van der Waals surface area (Å²) in [6.45, 7) is 2.14. The normalized spacial score (nSPS) is 16.1. The molecule has 8 heteroatoms. The molecule has 1 fully saturated rings. The first kappa shape index (κ1) is 24.6. The molecule has 0 bridgehead atoms. The fourth-order valence-corrected chi connectivity index (χ4v) is 4.80. The monoisotopic (exact) mass is 479 g/mol. The van der Waals surface area contributed by atoms with Crippen LogP contribution in [0.1, 0.15) is 54.4 Å². The van der Waals surface area contributed by atoms with Gasteiger partial charge in [0.1, 0.15) is 5.75 Å². The van der Waals surface area contributed by atoms with Crippen molar-refractivity contribution in [3.8, 4) is 5.75 Å². The molecule has 35 heavy (non-hydrogen) atoms. The Morgan fingerprint density at radius 1 is 0.914 bits per heavy atom. The molecule has 0 saturated carbocycles. The minimum atomic E-state index is -0.747. The van der Waals surface area contributed by atoms with Crippen LogP contribution in [0.4, 0.5) is 10.5 Å². The molecule has 1 saturated heterocycles. The fourth-order valence-electron chi connectivity index (χ4n) is 4.80. The number of aryl methyl sites for hydroxylation is 1. The molecular weight excluding hydrogens is 446 g/mol. The van der Waals surface area contributed by atoms with Crippen LogP contribution >= 0.6 is 0 Å². The van der Waals surface area contributed by atoms with Crippen molar-refractivity contribution in [2.24, 2.45) is 5.73 Å². The zero-order valence-electron chi connectivity index (χ0n) is 20.0. The predicted molar refractivity (Wildman–Crippen MR) is 132 cm³/mol. The van der Waals surface area contributed by atoms with Crippen LogP contribution in [0.15, 0.2) is 48.5 Å². The number of anilines is 1. The number of carbonyl (C=O) groups excluding carboxylic acids is 3. The van der Waals surface area contributed by atoms with Crippen molar-refractivity contribution in [3.05, 3.63) is 59.7 Å². The number of nitrogens with zero attached hydrogens (tertiary/aromatic N) is 2. The predicted octanol–water partition coefficient (Wildman–Crippen LogP) is 3.92. The van der Waals surface area contributed by atoms with Crippen LogP contribution in [0.3, 0.4) is 0 Å². The molecule has 8 nitrogen and oxygen atoms in total. The minimum absolute atomic E-state index is 0.00909. The second-order valence-electron chi connectivity index (χ2n) is 9.02. The summed E-state index contributed by atoms with van der Waals surface area (Å²) >= 11 is 0. The molecule has 2 aromatic rings. The number of unbranched alkanes of at least 4 members (excludes halogenated alkanes) is 2. The van der Waals surface area contributed by atoms with E-state index in [2.05, 4.69) is 6.07 Å². The lowest BCUT2D eigenvalue weighted by Gasteiger charge is -2.41. The molecule has 186 valence electrons. The van der Waals surface area contributed by atoms with Crippen molar-refractivity contribution >= 4 is 23.6 Å². The Bertz CT molecular complexity index is 1030. The fraction of sp³-hybridized carbons (Fsp3) is 0.444. The van der Waals surface area contributed by atoms with Gasteiger partial charge in [0.2, 0.25) is 5.91 Å². The molecular formula is C27H33N3O5. The van der Waals surface area contributed by atoms with Crippen LogP contribution in [0.2, 0.25) is 0 Å². The molecule has 2 heterocycles. The Morgan fingerprint density at radius 3 is 2.37 bits per heavy atom. The van der Waals surface area contributed by atoms with E-state index in [4.69, 9.17) is 15.2 Å². The van der Waals surface area contributed by atoms with Crippen molar-refractivity contribution in [3.63, 3.8) is 0 Å². The number of benzene rings is 2. The molecule has 2 aliphatic rings. The van der Waals surface area contributed by atoms with Gasteiger partial charge in [-0.3, -0.25) is 9.59 Å². The molecule has 0 spiro atoms. The van der Waals surface area contributed by atoms with Crippen LogP contribution < -0.4 is 15.4 Å². The van der Waals surface area contributed by atoms with Gasteiger partial charge in [-0.1, -0.05) is 18.2 Å². The van der Waals surface area contributed by atoms with Gasteiger partial charge < -0.3 is 25.0 Å². The number of primary amides is 1. The number of nitrogens with two attached hydrogens (primary N) is 1. The molecule has 0 radical (unpaired) electrons. The summed E-state index contributed by atoms with van der Waals surface area (Å²) in [5.41, 5.74) is 7.82. The minimum Gasteiger partial charge on any atom is -0.494 e. The lowest BCUT2D eigenvalue weighted by atomic mass is 9.95. The zero-order valence-corrected chi connectivity index (χ0v) is 20.0. The maximum atomic E-state index is 13.0. The highest BCUT2D eigenvalue weighted by Crippen LogP contribution is 2.32. The number of rotatable bonds is 9. The van der Waals surface area contributed by atoms with E-state index in [0.29, 0.717) is 38.3 Å². The Balaban J connectivity index is 1.23. The number of ether oxygens (including phenoxy) is 2. The number of fused-ring (bicyclic) bond motifs is 1. The summed E-state index contributed by atoms with van der Waals surface area (Å²) < 4.78 is 10.4. The molecule has 0 unspecified atom stereocenters. The molecule has 0 aliphatic carbocycles. The number of carbonyl (C=O) groups is 3. The number of para-hydroxylation sites is 1. The van der Waals surface area contributed by atoms with E-state index in [0.717, 1.165) is 50.0 Å². The third-order valence-electron chi connectivity index (χ3n) is 6.65. The van der Waals surface area contributed by atoms with E-state index in [9.17, 15) is 14.4 Å². The number of likely N-dealkylation sites (tertiary alicyclic amines) is 1. The van der Waals surface area contributed by atoms with E-state index < -0.39 is 6.09 Å². The van der Waals surface area contributed by atoms with Gasteiger partial charge in [-0.25, -0.2) is 4.79 Å². The van der Waals surface area contributed by atoms with E-state index in [1.54, 1.807) is 12.1 Å². The van der Waals surface area contributed by atoms with E-state index in [-0.39, 0.29) is 17.9 Å². The second-order valence-corrected chi connectivity index (χ2v) is 9.02. The summed E-state index contributed by atoms with van der Waals surface area (Å²) in [5.74, 6) is 0.911. The quantitative estimate of drug-likeness (QED) is 0.550. The van der Waals surface area contributed by atoms with Gasteiger partial charge in [-0.15, -0.1) is 0 Å². The van der Waals surface area contributed by atoms with Gasteiger partial charge in [0.05, 0.1) is 13.2 Å². The standard InChI is InChI=1S/C27H33N3O5/c28-27(33)35-19-5-1-4-18-34-23-11-8-21(9-12-23)26(32)29-16-14-22(15-17-29)30-24-7-3-2-6-20(24)10-13-25(30)31/h2-3,6-9,11-12,22H,1,4-5,10,13-19H2,(H2,28,33). The maximum Gasteiger partial charge on any atom is 0.404 e. The van der Waals surface area contributed by atoms with Gasteiger partial charge in [0, 0.05) is 36.8 Å². The van der Waals surface area contributed by atoms with Crippen LogP contribution in [-0.2, 0) is 16.0 Å². The lowest BCUT2D eigenvalue weighted by Crippen LogP contribution is -2.50. The molecule has 4 rings (SSSR count). The number of amides is 3.